The number of hydrogen-bond acceptors (Lipinski definition) is 3. The van der Waals surface area contributed by atoms with Crippen LogP contribution in [0.3, 0.4) is 0 Å². The average Bonchev–Trinajstić information content (AvgIpc) is 2.76. The van der Waals surface area contributed by atoms with Gasteiger partial charge in [-0.3, -0.25) is 0 Å². The van der Waals surface area contributed by atoms with E-state index in [1.54, 1.807) is 6.08 Å². The third kappa shape index (κ3) is 10.1. The van der Waals surface area contributed by atoms with Crippen molar-refractivity contribution >= 4 is 5.97 Å². The number of esters is 1. The molecule has 1 aliphatic carbocycles. The SMILES string of the molecule is CC(C)=CCC/C(C)=C/CC/C(C)=C/CC/C(C)=C/CC1=CC(=O)O[C@]2(C[C@H](C)CC[C@H]2C(C)C)O1. The van der Waals surface area contributed by atoms with Crippen LogP contribution in [-0.4, -0.2) is 11.8 Å². The zero-order valence-corrected chi connectivity index (χ0v) is 24.4. The van der Waals surface area contributed by atoms with E-state index in [0.717, 1.165) is 57.1 Å². The standard InChI is InChI=1S/C33H52O3/c1-24(2)12-9-13-26(5)14-10-15-27(6)16-11-17-28(7)18-20-30-22-32(34)36-33(35-30)23-29(8)19-21-31(33)25(3)4/h12,14,16,18,22,25,29,31H,9-11,13,15,17,19-21,23H2,1-8H3/b26-14+,27-16+,28-18+/t29-,31+,33+/m1/s1. The van der Waals surface area contributed by atoms with Crippen molar-refractivity contribution in [3.05, 3.63) is 58.4 Å². The molecule has 0 aromatic carbocycles. The van der Waals surface area contributed by atoms with Crippen LogP contribution in [0.15, 0.2) is 58.4 Å². The molecule has 3 nitrogen and oxygen atoms in total. The van der Waals surface area contributed by atoms with E-state index in [-0.39, 0.29) is 11.9 Å². The fraction of sp³-hybridized carbons (Fsp3) is 0.667. The van der Waals surface area contributed by atoms with Crippen molar-refractivity contribution in [2.24, 2.45) is 17.8 Å². The molecule has 0 N–H and O–H groups in total. The van der Waals surface area contributed by atoms with Gasteiger partial charge < -0.3 is 9.47 Å². The predicted molar refractivity (Wildman–Crippen MR) is 152 cm³/mol. The van der Waals surface area contributed by atoms with E-state index in [0.29, 0.717) is 18.3 Å². The smallest absolute Gasteiger partial charge is 0.337 e. The van der Waals surface area contributed by atoms with Gasteiger partial charge in [-0.1, -0.05) is 67.4 Å². The molecule has 0 aromatic rings. The van der Waals surface area contributed by atoms with Gasteiger partial charge in [0.25, 0.3) is 5.79 Å². The van der Waals surface area contributed by atoms with Crippen molar-refractivity contribution in [1.82, 2.24) is 0 Å². The summed E-state index contributed by atoms with van der Waals surface area (Å²) in [7, 11) is 0. The van der Waals surface area contributed by atoms with Gasteiger partial charge in [-0.05, 0) is 97.8 Å². The second kappa shape index (κ2) is 14.6. The summed E-state index contributed by atoms with van der Waals surface area (Å²) in [5, 5.41) is 0. The van der Waals surface area contributed by atoms with E-state index in [2.05, 4.69) is 79.7 Å². The summed E-state index contributed by atoms with van der Waals surface area (Å²) in [6.07, 6.45) is 21.2. The van der Waals surface area contributed by atoms with Crippen LogP contribution in [0.2, 0.25) is 0 Å². The summed E-state index contributed by atoms with van der Waals surface area (Å²) < 4.78 is 12.4. The molecule has 0 amide bonds. The van der Waals surface area contributed by atoms with Crippen molar-refractivity contribution in [3.63, 3.8) is 0 Å². The summed E-state index contributed by atoms with van der Waals surface area (Å²) in [5.74, 6) is 0.883. The van der Waals surface area contributed by atoms with Gasteiger partial charge in [0.15, 0.2) is 0 Å². The molecular formula is C33H52O3. The highest BCUT2D eigenvalue weighted by Gasteiger charge is 2.51. The number of carbonyl (C=O) groups excluding carboxylic acids is 1. The first-order valence-electron chi connectivity index (χ1n) is 14.2. The molecule has 1 fully saturated rings. The van der Waals surface area contributed by atoms with Crippen LogP contribution in [0.25, 0.3) is 0 Å². The molecule has 36 heavy (non-hydrogen) atoms. The minimum absolute atomic E-state index is 0.246. The molecule has 0 saturated heterocycles. The summed E-state index contributed by atoms with van der Waals surface area (Å²) in [4.78, 5) is 12.5. The van der Waals surface area contributed by atoms with Crippen LogP contribution in [0.1, 0.15) is 120 Å². The van der Waals surface area contributed by atoms with E-state index < -0.39 is 5.79 Å². The monoisotopic (exact) mass is 496 g/mol. The van der Waals surface area contributed by atoms with Crippen LogP contribution in [-0.2, 0) is 14.3 Å². The summed E-state index contributed by atoms with van der Waals surface area (Å²) in [6, 6.07) is 0. The maximum atomic E-state index is 12.5. The molecule has 2 aliphatic rings. The second-order valence-electron chi connectivity index (χ2n) is 11.9. The normalized spacial score (nSPS) is 25.5. The lowest BCUT2D eigenvalue weighted by molar-refractivity contribution is -0.268. The number of ether oxygens (including phenoxy) is 2. The van der Waals surface area contributed by atoms with Crippen molar-refractivity contribution in [2.45, 2.75) is 125 Å². The molecule has 202 valence electrons. The second-order valence-corrected chi connectivity index (χ2v) is 11.9. The van der Waals surface area contributed by atoms with E-state index in [4.69, 9.17) is 9.47 Å². The van der Waals surface area contributed by atoms with E-state index >= 15 is 0 Å². The molecule has 1 spiro atoms. The number of allylic oxidation sites excluding steroid dienone is 8. The maximum absolute atomic E-state index is 12.5. The highest BCUT2D eigenvalue weighted by Crippen LogP contribution is 2.47. The van der Waals surface area contributed by atoms with E-state index in [1.807, 2.05) is 0 Å². The molecular weight excluding hydrogens is 444 g/mol. The minimum Gasteiger partial charge on any atom is -0.456 e. The lowest BCUT2D eigenvalue weighted by atomic mass is 9.72. The van der Waals surface area contributed by atoms with Gasteiger partial charge in [-0.2, -0.15) is 0 Å². The van der Waals surface area contributed by atoms with Crippen LogP contribution >= 0.6 is 0 Å². The van der Waals surface area contributed by atoms with Crippen LogP contribution in [0, 0.1) is 17.8 Å². The molecule has 3 atom stereocenters. The topological polar surface area (TPSA) is 35.5 Å². The molecule has 1 heterocycles. The zero-order valence-electron chi connectivity index (χ0n) is 24.4. The molecule has 0 unspecified atom stereocenters. The molecule has 1 saturated carbocycles. The molecule has 3 heteroatoms. The molecule has 0 aromatic heterocycles. The predicted octanol–water partition coefficient (Wildman–Crippen LogP) is 9.77. The van der Waals surface area contributed by atoms with Crippen LogP contribution in [0.5, 0.6) is 0 Å². The highest BCUT2D eigenvalue weighted by atomic mass is 16.7. The van der Waals surface area contributed by atoms with E-state index in [9.17, 15) is 4.79 Å². The zero-order chi connectivity index (χ0) is 26.7. The molecule has 0 radical (unpaired) electrons. The summed E-state index contributed by atoms with van der Waals surface area (Å²) in [5.41, 5.74) is 5.69. The van der Waals surface area contributed by atoms with Gasteiger partial charge >= 0.3 is 5.97 Å². The summed E-state index contributed by atoms with van der Waals surface area (Å²) >= 11 is 0. The Kier molecular flexibility index (Phi) is 12.3. The quantitative estimate of drug-likeness (QED) is 0.199. The maximum Gasteiger partial charge on any atom is 0.337 e. The first-order valence-corrected chi connectivity index (χ1v) is 14.2. The Morgan fingerprint density at radius 3 is 2.00 bits per heavy atom. The van der Waals surface area contributed by atoms with Gasteiger partial charge in [-0.25, -0.2) is 4.79 Å². The van der Waals surface area contributed by atoms with Gasteiger partial charge in [-0.15, -0.1) is 0 Å². The Hall–Kier alpha value is -2.03. The fourth-order valence-corrected chi connectivity index (χ4v) is 5.47. The van der Waals surface area contributed by atoms with Crippen LogP contribution in [0.4, 0.5) is 0 Å². The van der Waals surface area contributed by atoms with Gasteiger partial charge in [0, 0.05) is 18.8 Å². The van der Waals surface area contributed by atoms with Crippen molar-refractivity contribution < 1.29 is 14.3 Å². The largest absolute Gasteiger partial charge is 0.456 e. The molecule has 1 aliphatic heterocycles. The van der Waals surface area contributed by atoms with Gasteiger partial charge in [0.05, 0.1) is 6.08 Å². The lowest BCUT2D eigenvalue weighted by Crippen LogP contribution is -2.52. The van der Waals surface area contributed by atoms with Gasteiger partial charge in [0.1, 0.15) is 5.76 Å². The van der Waals surface area contributed by atoms with Crippen LogP contribution < -0.4 is 0 Å². The van der Waals surface area contributed by atoms with Crippen molar-refractivity contribution in [2.75, 3.05) is 0 Å². The third-order valence-corrected chi connectivity index (χ3v) is 7.64. The molecule has 0 bridgehead atoms. The van der Waals surface area contributed by atoms with Gasteiger partial charge in [0.2, 0.25) is 0 Å². The average molecular weight is 497 g/mol. The molecule has 2 rings (SSSR count). The lowest BCUT2D eigenvalue weighted by Gasteiger charge is -2.48. The number of rotatable bonds is 12. The Morgan fingerprint density at radius 1 is 0.889 bits per heavy atom. The van der Waals surface area contributed by atoms with E-state index in [1.165, 1.54) is 28.7 Å². The number of carbonyl (C=O) groups is 1. The fourth-order valence-electron chi connectivity index (χ4n) is 5.47. The number of hydrogen-bond donors (Lipinski definition) is 0. The Bertz CT molecular complexity index is 879. The van der Waals surface area contributed by atoms with Crippen molar-refractivity contribution in [1.29, 1.82) is 0 Å². The Labute approximate surface area is 221 Å². The third-order valence-electron chi connectivity index (χ3n) is 7.64. The first-order chi connectivity index (χ1) is 17.0. The summed E-state index contributed by atoms with van der Waals surface area (Å²) in [6.45, 7) is 17.6. The first kappa shape index (κ1) is 30.2. The van der Waals surface area contributed by atoms with Crippen molar-refractivity contribution in [3.8, 4) is 0 Å². The highest BCUT2D eigenvalue weighted by molar-refractivity contribution is 5.83. The minimum atomic E-state index is -0.785. The Morgan fingerprint density at radius 2 is 1.44 bits per heavy atom. The Balaban J connectivity index is 1.83.